The lowest BCUT2D eigenvalue weighted by atomic mass is 10.1. The van der Waals surface area contributed by atoms with Gasteiger partial charge in [0.05, 0.1) is 5.56 Å². The maximum Gasteiger partial charge on any atom is 0.165 e. The Labute approximate surface area is 103 Å². The Morgan fingerprint density at radius 2 is 1.67 bits per heavy atom. The molecule has 0 saturated carbocycles. The molecule has 0 aliphatic rings. The summed E-state index contributed by atoms with van der Waals surface area (Å²) in [7, 11) is 0. The average Bonchev–Trinajstić information content (AvgIpc) is 2.40. The van der Waals surface area contributed by atoms with Gasteiger partial charge >= 0.3 is 0 Å². The zero-order valence-corrected chi connectivity index (χ0v) is 9.22. The zero-order valence-electron chi connectivity index (χ0n) is 9.22. The number of halogens is 1. The van der Waals surface area contributed by atoms with Crippen LogP contribution in [-0.2, 0) is 0 Å². The fourth-order valence-electron chi connectivity index (χ4n) is 1.46. The quantitative estimate of drug-likeness (QED) is 0.805. The second-order valence-corrected chi connectivity index (χ2v) is 3.44. The number of para-hydroxylation sites is 1. The van der Waals surface area contributed by atoms with Crippen molar-refractivity contribution in [1.29, 1.82) is 10.5 Å². The Kier molecular flexibility index (Phi) is 3.22. The first kappa shape index (κ1) is 11.6. The topological polar surface area (TPSA) is 56.8 Å². The zero-order chi connectivity index (χ0) is 13.0. The van der Waals surface area contributed by atoms with Gasteiger partial charge < -0.3 is 4.74 Å². The maximum atomic E-state index is 13.5. The molecule has 0 unspecified atom stereocenters. The van der Waals surface area contributed by atoms with Crippen molar-refractivity contribution in [1.82, 2.24) is 0 Å². The highest BCUT2D eigenvalue weighted by molar-refractivity contribution is 5.55. The second kappa shape index (κ2) is 4.99. The Morgan fingerprint density at radius 1 is 0.944 bits per heavy atom. The molecule has 2 rings (SSSR count). The fraction of sp³-hybridized carbons (Fsp3) is 0. The molecule has 3 nitrogen and oxygen atoms in total. The Hall–Kier alpha value is -2.85. The van der Waals surface area contributed by atoms with Crippen LogP contribution >= 0.6 is 0 Å². The lowest BCUT2D eigenvalue weighted by molar-refractivity contribution is 0.473. The van der Waals surface area contributed by atoms with E-state index in [0.29, 0.717) is 5.75 Å². The molecular formula is C14H7FN2O. The van der Waals surface area contributed by atoms with Crippen LogP contribution in [0, 0.1) is 28.5 Å². The summed E-state index contributed by atoms with van der Waals surface area (Å²) in [5.41, 5.74) is -0.144. The smallest absolute Gasteiger partial charge is 0.165 e. The van der Waals surface area contributed by atoms with Crippen LogP contribution in [0.5, 0.6) is 11.5 Å². The molecule has 0 saturated heterocycles. The van der Waals surface area contributed by atoms with Crippen LogP contribution in [0.15, 0.2) is 42.5 Å². The molecule has 0 aliphatic carbocycles. The summed E-state index contributed by atoms with van der Waals surface area (Å²) in [4.78, 5) is 0. The number of hydrogen-bond donors (Lipinski definition) is 0. The van der Waals surface area contributed by atoms with Crippen molar-refractivity contribution in [3.63, 3.8) is 0 Å². The summed E-state index contributed by atoms with van der Waals surface area (Å²) in [6, 6.07) is 14.6. The third-order valence-electron chi connectivity index (χ3n) is 2.30. The van der Waals surface area contributed by atoms with Crippen LogP contribution < -0.4 is 4.74 Å². The van der Waals surface area contributed by atoms with Gasteiger partial charge in [-0.1, -0.05) is 18.2 Å². The predicted octanol–water partition coefficient (Wildman–Crippen LogP) is 3.36. The summed E-state index contributed by atoms with van der Waals surface area (Å²) in [6.07, 6.45) is 0. The first-order chi connectivity index (χ1) is 8.76. The van der Waals surface area contributed by atoms with Crippen molar-refractivity contribution >= 4 is 0 Å². The molecule has 2 aromatic rings. The summed E-state index contributed by atoms with van der Waals surface area (Å²) >= 11 is 0. The number of ether oxygens (including phenoxy) is 1. The molecular weight excluding hydrogens is 231 g/mol. The van der Waals surface area contributed by atoms with Crippen LogP contribution in [0.25, 0.3) is 0 Å². The molecule has 0 radical (unpaired) electrons. The summed E-state index contributed by atoms with van der Waals surface area (Å²) in [5, 5.41) is 17.9. The van der Waals surface area contributed by atoms with Crippen LogP contribution in [0.4, 0.5) is 4.39 Å². The molecule has 18 heavy (non-hydrogen) atoms. The first-order valence-corrected chi connectivity index (χ1v) is 5.12. The first-order valence-electron chi connectivity index (χ1n) is 5.12. The van der Waals surface area contributed by atoms with Crippen LogP contribution in [0.2, 0.25) is 0 Å². The van der Waals surface area contributed by atoms with E-state index in [0.717, 1.165) is 6.07 Å². The number of nitrogens with zero attached hydrogens (tertiary/aromatic N) is 2. The SMILES string of the molecule is N#Cc1ccc(F)c(C#N)c1Oc1ccccc1. The van der Waals surface area contributed by atoms with Crippen LogP contribution in [0.3, 0.4) is 0 Å². The van der Waals surface area contributed by atoms with Gasteiger partial charge in [0.25, 0.3) is 0 Å². The van der Waals surface area contributed by atoms with Gasteiger partial charge in [-0.3, -0.25) is 0 Å². The van der Waals surface area contributed by atoms with E-state index in [1.165, 1.54) is 6.07 Å². The molecule has 0 fully saturated rings. The van der Waals surface area contributed by atoms with Crippen LogP contribution in [0.1, 0.15) is 11.1 Å². The molecule has 2 aromatic carbocycles. The van der Waals surface area contributed by atoms with E-state index in [1.807, 2.05) is 6.07 Å². The van der Waals surface area contributed by atoms with Crippen molar-refractivity contribution in [3.8, 4) is 23.6 Å². The molecule has 4 heteroatoms. The fourth-order valence-corrected chi connectivity index (χ4v) is 1.46. The van der Waals surface area contributed by atoms with E-state index in [2.05, 4.69) is 0 Å². The van der Waals surface area contributed by atoms with Gasteiger partial charge in [-0.15, -0.1) is 0 Å². The minimum absolute atomic E-state index is 0.0498. The van der Waals surface area contributed by atoms with Crippen LogP contribution in [-0.4, -0.2) is 0 Å². The lowest BCUT2D eigenvalue weighted by Crippen LogP contribution is -1.95. The summed E-state index contributed by atoms with van der Waals surface area (Å²) in [5.74, 6) is -0.315. The Morgan fingerprint density at radius 3 is 2.28 bits per heavy atom. The number of hydrogen-bond acceptors (Lipinski definition) is 3. The molecule has 0 aliphatic heterocycles. The molecule has 0 bridgehead atoms. The third-order valence-corrected chi connectivity index (χ3v) is 2.30. The van der Waals surface area contributed by atoms with Crippen molar-refractivity contribution in [2.45, 2.75) is 0 Å². The van der Waals surface area contributed by atoms with Gasteiger partial charge in [-0.05, 0) is 24.3 Å². The van der Waals surface area contributed by atoms with E-state index in [-0.39, 0.29) is 16.9 Å². The van der Waals surface area contributed by atoms with Crippen molar-refractivity contribution in [3.05, 3.63) is 59.4 Å². The Balaban J connectivity index is 2.53. The van der Waals surface area contributed by atoms with Crippen molar-refractivity contribution in [2.24, 2.45) is 0 Å². The summed E-state index contributed by atoms with van der Waals surface area (Å²) < 4.78 is 18.9. The number of nitriles is 2. The van der Waals surface area contributed by atoms with E-state index in [1.54, 1.807) is 36.4 Å². The van der Waals surface area contributed by atoms with Crippen molar-refractivity contribution in [2.75, 3.05) is 0 Å². The molecule has 0 spiro atoms. The highest BCUT2D eigenvalue weighted by atomic mass is 19.1. The summed E-state index contributed by atoms with van der Waals surface area (Å²) in [6.45, 7) is 0. The van der Waals surface area contributed by atoms with Gasteiger partial charge in [-0.2, -0.15) is 10.5 Å². The molecule has 0 aromatic heterocycles. The highest BCUT2D eigenvalue weighted by Crippen LogP contribution is 2.30. The number of benzene rings is 2. The largest absolute Gasteiger partial charge is 0.454 e. The normalized spacial score (nSPS) is 9.28. The molecule has 86 valence electrons. The van der Waals surface area contributed by atoms with E-state index < -0.39 is 5.82 Å². The maximum absolute atomic E-state index is 13.5. The minimum atomic E-state index is -0.706. The third kappa shape index (κ3) is 2.14. The molecule has 0 atom stereocenters. The van der Waals surface area contributed by atoms with Crippen molar-refractivity contribution < 1.29 is 9.13 Å². The lowest BCUT2D eigenvalue weighted by Gasteiger charge is -2.09. The standard InChI is InChI=1S/C14H7FN2O/c15-13-7-6-10(8-16)14(12(13)9-17)18-11-4-2-1-3-5-11/h1-7H. The van der Waals surface area contributed by atoms with Gasteiger partial charge in [0, 0.05) is 0 Å². The second-order valence-electron chi connectivity index (χ2n) is 3.44. The molecule has 0 heterocycles. The van der Waals surface area contributed by atoms with Gasteiger partial charge in [-0.25, -0.2) is 4.39 Å². The van der Waals surface area contributed by atoms with Gasteiger partial charge in [0.15, 0.2) is 5.75 Å². The monoisotopic (exact) mass is 238 g/mol. The predicted molar refractivity (Wildman–Crippen MR) is 62.3 cm³/mol. The number of rotatable bonds is 2. The molecule has 0 amide bonds. The Bertz CT molecular complexity index is 654. The minimum Gasteiger partial charge on any atom is -0.454 e. The molecule has 0 N–H and O–H groups in total. The van der Waals surface area contributed by atoms with E-state index in [4.69, 9.17) is 15.3 Å². The average molecular weight is 238 g/mol. The highest BCUT2D eigenvalue weighted by Gasteiger charge is 2.15. The van der Waals surface area contributed by atoms with E-state index >= 15 is 0 Å². The van der Waals surface area contributed by atoms with Gasteiger partial charge in [0.1, 0.15) is 29.3 Å². The van der Waals surface area contributed by atoms with E-state index in [9.17, 15) is 4.39 Å². The van der Waals surface area contributed by atoms with Gasteiger partial charge in [0.2, 0.25) is 0 Å².